The van der Waals surface area contributed by atoms with Crippen LogP contribution in [0.15, 0.2) is 48.8 Å². The zero-order valence-electron chi connectivity index (χ0n) is 14.4. The molecule has 0 aliphatic carbocycles. The fourth-order valence-corrected chi connectivity index (χ4v) is 3.51. The Morgan fingerprint density at radius 3 is 2.48 bits per heavy atom. The highest BCUT2D eigenvalue weighted by atomic mass is 32.2. The molecule has 136 valence electrons. The van der Waals surface area contributed by atoms with Crippen LogP contribution in [0.3, 0.4) is 0 Å². The molecular weight excluding hydrogens is 366 g/mol. The van der Waals surface area contributed by atoms with Crippen LogP contribution in [0.5, 0.6) is 0 Å². The average Bonchev–Trinajstić information content (AvgIpc) is 3.16. The van der Waals surface area contributed by atoms with Gasteiger partial charge in [0.25, 0.3) is 11.8 Å². The highest BCUT2D eigenvalue weighted by Gasteiger charge is 2.38. The van der Waals surface area contributed by atoms with Crippen LogP contribution in [0.4, 0.5) is 0 Å². The zero-order valence-corrected chi connectivity index (χ0v) is 15.2. The number of aromatic nitrogens is 2. The molecule has 0 radical (unpaired) electrons. The summed E-state index contributed by atoms with van der Waals surface area (Å²) >= 11 is 1.30. The number of amides is 2. The van der Waals surface area contributed by atoms with Crippen molar-refractivity contribution in [3.8, 4) is 0 Å². The van der Waals surface area contributed by atoms with E-state index >= 15 is 0 Å². The molecule has 3 aromatic rings. The molecule has 1 aliphatic rings. The third-order valence-electron chi connectivity index (χ3n) is 4.07. The summed E-state index contributed by atoms with van der Waals surface area (Å²) in [6.07, 6.45) is 3.89. The third-order valence-corrected chi connectivity index (χ3v) is 5.01. The number of carbonyl (C=O) groups excluding carboxylic acids is 3. The lowest BCUT2D eigenvalue weighted by molar-refractivity contribution is -0.165. The van der Waals surface area contributed by atoms with Gasteiger partial charge in [0.15, 0.2) is 0 Å². The van der Waals surface area contributed by atoms with Crippen molar-refractivity contribution in [1.29, 1.82) is 0 Å². The molecule has 2 amide bonds. The van der Waals surface area contributed by atoms with Gasteiger partial charge in [-0.2, -0.15) is 0 Å². The fourth-order valence-electron chi connectivity index (χ4n) is 2.84. The van der Waals surface area contributed by atoms with Gasteiger partial charge in [0.2, 0.25) is 0 Å². The number of hydroxylamine groups is 2. The van der Waals surface area contributed by atoms with Crippen LogP contribution in [0.2, 0.25) is 0 Å². The second-order valence-corrected chi connectivity index (χ2v) is 7.10. The number of benzene rings is 1. The minimum Gasteiger partial charge on any atom is -0.329 e. The van der Waals surface area contributed by atoms with Crippen LogP contribution in [0, 0.1) is 6.92 Å². The number of imidazole rings is 1. The maximum atomic E-state index is 12.2. The molecular formula is C19H15N3O4S. The number of rotatable bonds is 5. The van der Waals surface area contributed by atoms with Crippen LogP contribution < -0.4 is 0 Å². The number of aryl methyl sites for hydroxylation is 1. The van der Waals surface area contributed by atoms with Crippen LogP contribution in [0.1, 0.15) is 32.0 Å². The first-order chi connectivity index (χ1) is 13.0. The monoisotopic (exact) mass is 381 g/mol. The number of thioether (sulfide) groups is 1. The van der Waals surface area contributed by atoms with E-state index in [0.717, 1.165) is 16.9 Å². The second kappa shape index (κ2) is 6.88. The summed E-state index contributed by atoms with van der Waals surface area (Å²) in [4.78, 5) is 45.8. The van der Waals surface area contributed by atoms with E-state index in [1.807, 2.05) is 35.9 Å². The Balaban J connectivity index is 1.33. The molecule has 1 aliphatic heterocycles. The van der Waals surface area contributed by atoms with Crippen molar-refractivity contribution in [3.63, 3.8) is 0 Å². The van der Waals surface area contributed by atoms with Gasteiger partial charge >= 0.3 is 5.97 Å². The van der Waals surface area contributed by atoms with Crippen molar-refractivity contribution >= 4 is 35.2 Å². The van der Waals surface area contributed by atoms with Crippen LogP contribution in [-0.2, 0) is 15.4 Å². The van der Waals surface area contributed by atoms with E-state index in [-0.39, 0.29) is 16.9 Å². The molecule has 0 atom stereocenters. The molecule has 7 nitrogen and oxygen atoms in total. The zero-order chi connectivity index (χ0) is 19.0. The van der Waals surface area contributed by atoms with E-state index in [9.17, 15) is 14.4 Å². The summed E-state index contributed by atoms with van der Waals surface area (Å²) in [5, 5.41) is 0.529. The number of fused-ring (bicyclic) bond motifs is 2. The largest absolute Gasteiger partial charge is 0.343 e. The van der Waals surface area contributed by atoms with E-state index in [2.05, 4.69) is 4.98 Å². The lowest BCUT2D eigenvalue weighted by atomic mass is 10.1. The van der Waals surface area contributed by atoms with E-state index in [0.29, 0.717) is 10.8 Å². The Hall–Kier alpha value is -3.13. The molecule has 2 aromatic heterocycles. The number of hydrogen-bond acceptors (Lipinski definition) is 6. The van der Waals surface area contributed by atoms with Crippen LogP contribution in [-0.4, -0.2) is 38.0 Å². The van der Waals surface area contributed by atoms with Crippen molar-refractivity contribution in [1.82, 2.24) is 14.4 Å². The minimum absolute atomic E-state index is 0.000303. The molecule has 0 bridgehead atoms. The van der Waals surface area contributed by atoms with Gasteiger partial charge < -0.3 is 9.24 Å². The molecule has 0 spiro atoms. The van der Waals surface area contributed by atoms with Gasteiger partial charge in [-0.1, -0.05) is 23.3 Å². The third kappa shape index (κ3) is 3.31. The molecule has 0 saturated heterocycles. The molecule has 0 N–H and O–H groups in total. The highest BCUT2D eigenvalue weighted by Crippen LogP contribution is 2.23. The molecule has 0 fully saturated rings. The number of imide groups is 1. The van der Waals surface area contributed by atoms with Gasteiger partial charge in [-0.15, -0.1) is 11.8 Å². The number of nitrogens with zero attached hydrogens (tertiary/aromatic N) is 3. The number of hydrogen-bond donors (Lipinski definition) is 0. The molecule has 27 heavy (non-hydrogen) atoms. The SMILES string of the molecule is Cc1ccc2nc(CSCC(=O)ON3C(=O)c4ccccc4C3=O)cn2c1. The summed E-state index contributed by atoms with van der Waals surface area (Å²) in [7, 11) is 0. The predicted octanol–water partition coefficient (Wildman–Crippen LogP) is 2.63. The Morgan fingerprint density at radius 1 is 1.07 bits per heavy atom. The van der Waals surface area contributed by atoms with Gasteiger partial charge in [-0.3, -0.25) is 9.59 Å². The van der Waals surface area contributed by atoms with Gasteiger partial charge in [0.05, 0.1) is 22.6 Å². The Kier molecular flexibility index (Phi) is 4.41. The van der Waals surface area contributed by atoms with Gasteiger partial charge in [0.1, 0.15) is 5.65 Å². The molecule has 4 rings (SSSR count). The summed E-state index contributed by atoms with van der Waals surface area (Å²) in [5.41, 5.74) is 3.28. The molecule has 0 saturated carbocycles. The van der Waals surface area contributed by atoms with Gasteiger partial charge in [0, 0.05) is 18.1 Å². The van der Waals surface area contributed by atoms with Gasteiger partial charge in [-0.25, -0.2) is 9.78 Å². The van der Waals surface area contributed by atoms with Crippen LogP contribution >= 0.6 is 11.8 Å². The van der Waals surface area contributed by atoms with E-state index in [1.165, 1.54) is 23.9 Å². The standard InChI is InChI=1S/C19H15N3O4S/c1-12-6-7-16-20-13(9-21(16)8-12)10-27-11-17(23)26-22-18(24)14-4-2-3-5-15(14)19(22)25/h2-9H,10-11H2,1H3. The molecule has 3 heterocycles. The fraction of sp³-hybridized carbons (Fsp3) is 0.158. The van der Waals surface area contributed by atoms with Gasteiger partial charge in [-0.05, 0) is 30.7 Å². The lowest BCUT2D eigenvalue weighted by Gasteiger charge is -2.12. The lowest BCUT2D eigenvalue weighted by Crippen LogP contribution is -2.33. The van der Waals surface area contributed by atoms with Crippen molar-refractivity contribution in [2.45, 2.75) is 12.7 Å². The van der Waals surface area contributed by atoms with E-state index < -0.39 is 17.8 Å². The van der Waals surface area contributed by atoms with Crippen molar-refractivity contribution in [2.24, 2.45) is 0 Å². The van der Waals surface area contributed by atoms with Crippen molar-refractivity contribution in [3.05, 3.63) is 71.2 Å². The summed E-state index contributed by atoms with van der Waals surface area (Å²) in [5.74, 6) is -1.39. The number of carbonyl (C=O) groups is 3. The topological polar surface area (TPSA) is 81.0 Å². The predicted molar refractivity (Wildman–Crippen MR) is 99.1 cm³/mol. The summed E-state index contributed by atoms with van der Waals surface area (Å²) in [6, 6.07) is 10.3. The highest BCUT2D eigenvalue weighted by molar-refractivity contribution is 7.99. The van der Waals surface area contributed by atoms with E-state index in [4.69, 9.17) is 4.84 Å². The molecule has 8 heteroatoms. The normalized spacial score (nSPS) is 13.3. The quantitative estimate of drug-likeness (QED) is 0.632. The molecule has 1 aromatic carbocycles. The summed E-state index contributed by atoms with van der Waals surface area (Å²) < 4.78 is 1.93. The first-order valence-electron chi connectivity index (χ1n) is 8.23. The average molecular weight is 381 g/mol. The maximum absolute atomic E-state index is 12.2. The first kappa shape index (κ1) is 17.3. The van der Waals surface area contributed by atoms with Crippen LogP contribution in [0.25, 0.3) is 5.65 Å². The Labute approximate surface area is 158 Å². The Morgan fingerprint density at radius 2 is 1.78 bits per heavy atom. The van der Waals surface area contributed by atoms with Crippen molar-refractivity contribution < 1.29 is 19.2 Å². The second-order valence-electron chi connectivity index (χ2n) is 6.11. The molecule has 0 unspecified atom stereocenters. The first-order valence-corrected chi connectivity index (χ1v) is 9.39. The Bertz CT molecular complexity index is 1040. The number of pyridine rings is 1. The smallest absolute Gasteiger partial charge is 0.329 e. The minimum atomic E-state index is -0.658. The van der Waals surface area contributed by atoms with E-state index in [1.54, 1.807) is 12.1 Å². The summed E-state index contributed by atoms with van der Waals surface area (Å²) in [6.45, 7) is 2.00. The van der Waals surface area contributed by atoms with Crippen molar-refractivity contribution in [2.75, 3.05) is 5.75 Å². The maximum Gasteiger partial charge on any atom is 0.343 e.